The largest absolute Gasteiger partial charge is 0.466 e. The van der Waals surface area contributed by atoms with Crippen LogP contribution in [0.4, 0.5) is 10.2 Å². The molecular formula is C24H29FN4O4. The van der Waals surface area contributed by atoms with Crippen molar-refractivity contribution < 1.29 is 23.5 Å². The van der Waals surface area contributed by atoms with E-state index in [1.165, 1.54) is 12.1 Å². The average molecular weight is 457 g/mol. The topological polar surface area (TPSA) is 84.9 Å². The van der Waals surface area contributed by atoms with Crippen LogP contribution in [0.3, 0.4) is 0 Å². The summed E-state index contributed by atoms with van der Waals surface area (Å²) < 4.78 is 24.1. The Hall–Kier alpha value is -3.07. The van der Waals surface area contributed by atoms with Gasteiger partial charge in [-0.05, 0) is 24.6 Å². The van der Waals surface area contributed by atoms with Crippen LogP contribution >= 0.6 is 0 Å². The fourth-order valence-electron chi connectivity index (χ4n) is 4.21. The Morgan fingerprint density at radius 1 is 1.15 bits per heavy atom. The highest BCUT2D eigenvalue weighted by molar-refractivity contribution is 5.81. The smallest absolute Gasteiger partial charge is 0.306 e. The molecule has 1 saturated heterocycles. The minimum atomic E-state index is -0.359. The third kappa shape index (κ3) is 5.84. The molecule has 0 radical (unpaired) electrons. The highest BCUT2D eigenvalue weighted by Crippen LogP contribution is 2.28. The van der Waals surface area contributed by atoms with Gasteiger partial charge in [-0.3, -0.25) is 9.59 Å². The van der Waals surface area contributed by atoms with Crippen LogP contribution in [0.25, 0.3) is 0 Å². The summed E-state index contributed by atoms with van der Waals surface area (Å²) in [6, 6.07) is 6.47. The van der Waals surface area contributed by atoms with E-state index in [1.807, 2.05) is 6.07 Å². The molecule has 4 rings (SSSR count). The van der Waals surface area contributed by atoms with Crippen molar-refractivity contribution in [3.05, 3.63) is 52.7 Å². The number of esters is 1. The first-order chi connectivity index (χ1) is 16.0. The maximum atomic E-state index is 13.7. The number of rotatable bonds is 7. The van der Waals surface area contributed by atoms with Gasteiger partial charge >= 0.3 is 5.97 Å². The highest BCUT2D eigenvalue weighted by Gasteiger charge is 2.28. The zero-order valence-electron chi connectivity index (χ0n) is 18.9. The van der Waals surface area contributed by atoms with E-state index >= 15 is 0 Å². The third-order valence-corrected chi connectivity index (χ3v) is 5.85. The van der Waals surface area contributed by atoms with Gasteiger partial charge in [0, 0.05) is 44.5 Å². The Kier molecular flexibility index (Phi) is 7.49. The number of amides is 1. The second-order valence-corrected chi connectivity index (χ2v) is 8.17. The molecule has 0 unspecified atom stereocenters. The molecule has 0 bridgehead atoms. The minimum absolute atomic E-state index is 0.0783. The first-order valence-corrected chi connectivity index (χ1v) is 11.4. The number of aromatic nitrogens is 2. The predicted molar refractivity (Wildman–Crippen MR) is 119 cm³/mol. The maximum absolute atomic E-state index is 13.7. The molecule has 176 valence electrons. The van der Waals surface area contributed by atoms with Crippen molar-refractivity contribution in [1.82, 2.24) is 14.9 Å². The van der Waals surface area contributed by atoms with Gasteiger partial charge in [0.2, 0.25) is 5.91 Å². The lowest BCUT2D eigenvalue weighted by Gasteiger charge is -2.34. The molecule has 33 heavy (non-hydrogen) atoms. The molecule has 1 aromatic heterocycles. The van der Waals surface area contributed by atoms with Crippen molar-refractivity contribution in [3.63, 3.8) is 0 Å². The molecule has 2 aromatic rings. The Bertz CT molecular complexity index is 1010. The van der Waals surface area contributed by atoms with Crippen molar-refractivity contribution in [1.29, 1.82) is 0 Å². The summed E-state index contributed by atoms with van der Waals surface area (Å²) in [6.07, 6.45) is 1.25. The van der Waals surface area contributed by atoms with Crippen LogP contribution in [-0.2, 0) is 38.4 Å². The Morgan fingerprint density at radius 2 is 1.97 bits per heavy atom. The van der Waals surface area contributed by atoms with E-state index in [0.717, 1.165) is 22.6 Å². The van der Waals surface area contributed by atoms with Crippen LogP contribution in [-0.4, -0.2) is 66.2 Å². The number of halogens is 1. The Morgan fingerprint density at radius 3 is 2.73 bits per heavy atom. The van der Waals surface area contributed by atoms with Crippen LogP contribution in [0.15, 0.2) is 24.3 Å². The molecule has 3 heterocycles. The predicted octanol–water partition coefficient (Wildman–Crippen LogP) is 2.27. The van der Waals surface area contributed by atoms with E-state index in [2.05, 4.69) is 4.90 Å². The van der Waals surface area contributed by atoms with E-state index < -0.39 is 0 Å². The molecule has 8 nitrogen and oxygen atoms in total. The second-order valence-electron chi connectivity index (χ2n) is 8.17. The van der Waals surface area contributed by atoms with E-state index in [4.69, 9.17) is 19.4 Å². The summed E-state index contributed by atoms with van der Waals surface area (Å²) in [4.78, 5) is 38.0. The summed E-state index contributed by atoms with van der Waals surface area (Å²) in [5.41, 5.74) is 2.68. The molecule has 2 aliphatic rings. The lowest BCUT2D eigenvalue weighted by molar-refractivity contribution is -0.145. The van der Waals surface area contributed by atoms with Gasteiger partial charge in [-0.25, -0.2) is 14.4 Å². The summed E-state index contributed by atoms with van der Waals surface area (Å²) in [6.45, 7) is 5.64. The minimum Gasteiger partial charge on any atom is -0.466 e. The van der Waals surface area contributed by atoms with Crippen molar-refractivity contribution >= 4 is 17.7 Å². The summed E-state index contributed by atoms with van der Waals surface area (Å²) in [5, 5.41) is 0. The molecule has 1 fully saturated rings. The number of fused-ring (bicyclic) bond motifs is 1. The number of nitrogens with zero attached hydrogens (tertiary/aromatic N) is 4. The number of hydrogen-bond acceptors (Lipinski definition) is 7. The monoisotopic (exact) mass is 456 g/mol. The van der Waals surface area contributed by atoms with Crippen molar-refractivity contribution in [3.8, 4) is 0 Å². The number of anilines is 1. The Balaban J connectivity index is 1.56. The van der Waals surface area contributed by atoms with Gasteiger partial charge in [-0.2, -0.15) is 0 Å². The van der Waals surface area contributed by atoms with Gasteiger partial charge in [-0.15, -0.1) is 0 Å². The van der Waals surface area contributed by atoms with E-state index in [9.17, 15) is 14.0 Å². The molecule has 1 amide bonds. The molecule has 0 atom stereocenters. The van der Waals surface area contributed by atoms with Gasteiger partial charge in [-0.1, -0.05) is 12.1 Å². The van der Waals surface area contributed by atoms with Crippen molar-refractivity contribution in [2.24, 2.45) is 0 Å². The SMILES string of the molecule is CCOC(=O)CCC(=O)N1CCc2nc(Cc3cccc(F)c3)nc(N3CCOCC3)c2C1. The lowest BCUT2D eigenvalue weighted by Crippen LogP contribution is -2.41. The maximum Gasteiger partial charge on any atom is 0.306 e. The molecule has 1 aromatic carbocycles. The summed E-state index contributed by atoms with van der Waals surface area (Å²) in [7, 11) is 0. The molecule has 0 saturated carbocycles. The molecule has 0 aliphatic carbocycles. The number of carbonyl (C=O) groups is 2. The Labute approximate surface area is 192 Å². The molecule has 0 N–H and O–H groups in total. The van der Waals surface area contributed by atoms with Gasteiger partial charge in [0.1, 0.15) is 17.5 Å². The van der Waals surface area contributed by atoms with Gasteiger partial charge in [0.15, 0.2) is 0 Å². The number of ether oxygens (including phenoxy) is 2. The standard InChI is InChI=1S/C24H29FN4O4/c1-2-33-23(31)7-6-22(30)29-9-8-20-19(16-29)24(28-10-12-32-13-11-28)27-21(26-20)15-17-4-3-5-18(25)14-17/h3-5,14H,2,6-13,15-16H2,1H3. The molecule has 9 heteroatoms. The molecule has 0 spiro atoms. The van der Waals surface area contributed by atoms with Gasteiger partial charge in [0.25, 0.3) is 0 Å². The van der Waals surface area contributed by atoms with Gasteiger partial charge in [0.05, 0.1) is 38.5 Å². The summed E-state index contributed by atoms with van der Waals surface area (Å²) in [5.74, 6) is 0.740. The first kappa shape index (κ1) is 23.1. The average Bonchev–Trinajstić information content (AvgIpc) is 2.82. The number of hydrogen-bond donors (Lipinski definition) is 0. The lowest BCUT2D eigenvalue weighted by atomic mass is 10.0. The number of benzene rings is 1. The van der Waals surface area contributed by atoms with E-state index in [-0.39, 0.29) is 30.5 Å². The normalized spacial score (nSPS) is 15.8. The van der Waals surface area contributed by atoms with Crippen LogP contribution < -0.4 is 4.90 Å². The number of carbonyl (C=O) groups excluding carboxylic acids is 2. The van der Waals surface area contributed by atoms with E-state index in [0.29, 0.717) is 64.7 Å². The van der Waals surface area contributed by atoms with Crippen molar-refractivity contribution in [2.45, 2.75) is 39.2 Å². The second kappa shape index (κ2) is 10.7. The highest BCUT2D eigenvalue weighted by atomic mass is 19.1. The first-order valence-electron chi connectivity index (χ1n) is 11.4. The quantitative estimate of drug-likeness (QED) is 0.591. The fourth-order valence-corrected chi connectivity index (χ4v) is 4.21. The fraction of sp³-hybridized carbons (Fsp3) is 0.500. The molecular weight excluding hydrogens is 427 g/mol. The zero-order valence-corrected chi connectivity index (χ0v) is 18.9. The third-order valence-electron chi connectivity index (χ3n) is 5.85. The molecule has 2 aliphatic heterocycles. The van der Waals surface area contributed by atoms with Gasteiger partial charge < -0.3 is 19.3 Å². The number of morpholine rings is 1. The van der Waals surface area contributed by atoms with Crippen LogP contribution in [0.5, 0.6) is 0 Å². The van der Waals surface area contributed by atoms with Crippen molar-refractivity contribution in [2.75, 3.05) is 44.4 Å². The summed E-state index contributed by atoms with van der Waals surface area (Å²) >= 11 is 0. The van der Waals surface area contributed by atoms with Crippen LogP contribution in [0.1, 0.15) is 42.4 Å². The van der Waals surface area contributed by atoms with Crippen LogP contribution in [0.2, 0.25) is 0 Å². The zero-order chi connectivity index (χ0) is 23.2. The van der Waals surface area contributed by atoms with E-state index in [1.54, 1.807) is 17.9 Å². The van der Waals surface area contributed by atoms with Crippen LogP contribution in [0, 0.1) is 5.82 Å².